The molecule has 148 valence electrons. The SMILES string of the molecule is NC(=O)CCN(NC(=O)[C@H](CC1CCCCC1)NC(=O)O)C(=O)[C@H](F)Cl. The molecule has 0 heterocycles. The zero-order chi connectivity index (χ0) is 19.7. The molecule has 0 spiro atoms. The van der Waals surface area contributed by atoms with Gasteiger partial charge in [-0.05, 0) is 12.3 Å². The molecule has 9 nitrogen and oxygen atoms in total. The van der Waals surface area contributed by atoms with Crippen LogP contribution in [-0.4, -0.2) is 52.1 Å². The summed E-state index contributed by atoms with van der Waals surface area (Å²) in [6.45, 7) is -0.379. The van der Waals surface area contributed by atoms with Crippen LogP contribution in [0.3, 0.4) is 0 Å². The average molecular weight is 395 g/mol. The number of amides is 4. The van der Waals surface area contributed by atoms with Gasteiger partial charge in [-0.25, -0.2) is 14.2 Å². The summed E-state index contributed by atoms with van der Waals surface area (Å²) >= 11 is 5.11. The van der Waals surface area contributed by atoms with Gasteiger partial charge in [-0.1, -0.05) is 43.7 Å². The summed E-state index contributed by atoms with van der Waals surface area (Å²) < 4.78 is 13.1. The van der Waals surface area contributed by atoms with Crippen LogP contribution in [0, 0.1) is 5.92 Å². The number of hydrogen-bond donors (Lipinski definition) is 4. The van der Waals surface area contributed by atoms with Crippen molar-refractivity contribution >= 4 is 35.4 Å². The molecule has 1 fully saturated rings. The van der Waals surface area contributed by atoms with Crippen molar-refractivity contribution in [2.75, 3.05) is 6.54 Å². The summed E-state index contributed by atoms with van der Waals surface area (Å²) in [4.78, 5) is 46.0. The van der Waals surface area contributed by atoms with Crippen LogP contribution in [0.25, 0.3) is 0 Å². The highest BCUT2D eigenvalue weighted by atomic mass is 35.5. The Morgan fingerprint density at radius 1 is 1.23 bits per heavy atom. The Balaban J connectivity index is 2.78. The molecule has 0 aromatic heterocycles. The van der Waals surface area contributed by atoms with Gasteiger partial charge in [-0.3, -0.25) is 19.8 Å². The van der Waals surface area contributed by atoms with Crippen LogP contribution in [0.15, 0.2) is 0 Å². The van der Waals surface area contributed by atoms with Gasteiger partial charge in [0.05, 0.1) is 6.54 Å². The zero-order valence-electron chi connectivity index (χ0n) is 14.2. The van der Waals surface area contributed by atoms with Gasteiger partial charge in [0.1, 0.15) is 6.04 Å². The Bertz CT molecular complexity index is 528. The van der Waals surface area contributed by atoms with Crippen molar-refractivity contribution in [2.45, 2.75) is 56.6 Å². The fourth-order valence-electron chi connectivity index (χ4n) is 2.91. The van der Waals surface area contributed by atoms with E-state index in [9.17, 15) is 23.6 Å². The maximum Gasteiger partial charge on any atom is 0.405 e. The van der Waals surface area contributed by atoms with E-state index >= 15 is 0 Å². The van der Waals surface area contributed by atoms with Crippen LogP contribution in [-0.2, 0) is 14.4 Å². The van der Waals surface area contributed by atoms with E-state index in [0.717, 1.165) is 32.1 Å². The van der Waals surface area contributed by atoms with Crippen LogP contribution in [0.1, 0.15) is 44.9 Å². The van der Waals surface area contributed by atoms with Gasteiger partial charge in [0.25, 0.3) is 17.4 Å². The third kappa shape index (κ3) is 7.85. The molecule has 1 saturated carbocycles. The highest BCUT2D eigenvalue weighted by Crippen LogP contribution is 2.27. The smallest absolute Gasteiger partial charge is 0.405 e. The van der Waals surface area contributed by atoms with Crippen molar-refractivity contribution in [1.82, 2.24) is 15.8 Å². The first-order valence-electron chi connectivity index (χ1n) is 8.38. The molecule has 0 bridgehead atoms. The van der Waals surface area contributed by atoms with Gasteiger partial charge in [-0.15, -0.1) is 0 Å². The Kier molecular flexibility index (Phi) is 9.11. The van der Waals surface area contributed by atoms with E-state index in [1.165, 1.54) is 0 Å². The number of nitrogens with two attached hydrogens (primary N) is 1. The molecule has 0 aromatic carbocycles. The summed E-state index contributed by atoms with van der Waals surface area (Å²) in [5, 5.41) is 11.6. The second-order valence-corrected chi connectivity index (χ2v) is 6.61. The number of nitrogens with zero attached hydrogens (tertiary/aromatic N) is 1. The van der Waals surface area contributed by atoms with Gasteiger partial charge in [0.2, 0.25) is 5.91 Å². The largest absolute Gasteiger partial charge is 0.465 e. The zero-order valence-corrected chi connectivity index (χ0v) is 15.0. The Morgan fingerprint density at radius 3 is 2.35 bits per heavy atom. The molecule has 1 aliphatic rings. The third-order valence-corrected chi connectivity index (χ3v) is 4.37. The van der Waals surface area contributed by atoms with Crippen molar-refractivity contribution in [3.63, 3.8) is 0 Å². The van der Waals surface area contributed by atoms with E-state index in [4.69, 9.17) is 22.4 Å². The number of rotatable bonds is 8. The monoisotopic (exact) mass is 394 g/mol. The highest BCUT2D eigenvalue weighted by molar-refractivity contribution is 6.29. The van der Waals surface area contributed by atoms with Crippen molar-refractivity contribution in [1.29, 1.82) is 0 Å². The molecule has 1 aliphatic carbocycles. The van der Waals surface area contributed by atoms with E-state index in [-0.39, 0.29) is 25.3 Å². The van der Waals surface area contributed by atoms with E-state index in [1.807, 2.05) is 0 Å². The van der Waals surface area contributed by atoms with E-state index < -0.39 is 35.5 Å². The number of nitrogens with one attached hydrogen (secondary N) is 2. The number of hydrogen-bond acceptors (Lipinski definition) is 4. The van der Waals surface area contributed by atoms with Crippen LogP contribution in [0.4, 0.5) is 9.18 Å². The van der Waals surface area contributed by atoms with Gasteiger partial charge in [-0.2, -0.15) is 0 Å². The Labute approximate surface area is 155 Å². The second kappa shape index (κ2) is 10.8. The number of primary amides is 1. The van der Waals surface area contributed by atoms with Crippen molar-refractivity contribution < 1.29 is 28.7 Å². The molecule has 11 heteroatoms. The van der Waals surface area contributed by atoms with E-state index in [2.05, 4.69) is 10.7 Å². The number of halogens is 2. The molecule has 0 radical (unpaired) electrons. The standard InChI is InChI=1S/C15H24ClFN4O5/c16-12(17)14(24)21(7-6-11(18)22)20-13(23)10(19-15(25)26)8-9-4-2-1-3-5-9/h9-10,12,19H,1-8H2,(H2,18,22)(H,20,23)(H,25,26)/t10-,12-/m0/s1. The molecular formula is C15H24ClFN4O5. The van der Waals surface area contributed by atoms with Crippen molar-refractivity contribution in [3.05, 3.63) is 0 Å². The summed E-state index contributed by atoms with van der Waals surface area (Å²) in [7, 11) is 0. The van der Waals surface area contributed by atoms with Crippen molar-refractivity contribution in [2.24, 2.45) is 11.7 Å². The number of carboxylic acid groups (broad SMARTS) is 1. The molecule has 26 heavy (non-hydrogen) atoms. The molecular weight excluding hydrogens is 371 g/mol. The first kappa shape index (κ1) is 21.9. The van der Waals surface area contributed by atoms with Gasteiger partial charge in [0.15, 0.2) is 0 Å². The normalized spacial score (nSPS) is 17.0. The molecule has 1 rings (SSSR count). The topological polar surface area (TPSA) is 142 Å². The molecule has 0 unspecified atom stereocenters. The summed E-state index contributed by atoms with van der Waals surface area (Å²) in [6, 6.07) is -1.12. The van der Waals surface area contributed by atoms with Crippen LogP contribution in [0.2, 0.25) is 0 Å². The molecule has 4 amide bonds. The molecule has 0 aromatic rings. The summed E-state index contributed by atoms with van der Waals surface area (Å²) in [5.41, 5.74) is 4.70. The predicted octanol–water partition coefficient (Wildman–Crippen LogP) is 0.863. The molecule has 5 N–H and O–H groups in total. The minimum absolute atomic E-state index is 0.170. The second-order valence-electron chi connectivity index (χ2n) is 6.22. The first-order valence-corrected chi connectivity index (χ1v) is 8.82. The molecule has 2 atom stereocenters. The maximum atomic E-state index is 13.1. The minimum atomic E-state index is -2.42. The van der Waals surface area contributed by atoms with Crippen LogP contribution >= 0.6 is 11.6 Å². The average Bonchev–Trinajstić information content (AvgIpc) is 2.57. The number of hydrazine groups is 1. The summed E-state index contributed by atoms with van der Waals surface area (Å²) in [5.74, 6) is -2.69. The molecule has 0 saturated heterocycles. The van der Waals surface area contributed by atoms with Crippen LogP contribution < -0.4 is 16.5 Å². The van der Waals surface area contributed by atoms with Gasteiger partial charge >= 0.3 is 6.09 Å². The third-order valence-electron chi connectivity index (χ3n) is 4.19. The maximum absolute atomic E-state index is 13.1. The van der Waals surface area contributed by atoms with Gasteiger partial charge < -0.3 is 16.2 Å². The number of alkyl halides is 2. The quantitative estimate of drug-likeness (QED) is 0.357. The fourth-order valence-corrected chi connectivity index (χ4v) is 3.03. The van der Waals surface area contributed by atoms with Gasteiger partial charge in [0, 0.05) is 6.42 Å². The first-order chi connectivity index (χ1) is 12.2. The number of carbonyl (C=O) groups is 4. The van der Waals surface area contributed by atoms with E-state index in [1.54, 1.807) is 0 Å². The summed E-state index contributed by atoms with van der Waals surface area (Å²) in [6.07, 6.45) is 3.41. The highest BCUT2D eigenvalue weighted by Gasteiger charge is 2.30. The van der Waals surface area contributed by atoms with E-state index in [0.29, 0.717) is 5.01 Å². The lowest BCUT2D eigenvalue weighted by atomic mass is 9.84. The predicted molar refractivity (Wildman–Crippen MR) is 90.6 cm³/mol. The minimum Gasteiger partial charge on any atom is -0.465 e. The lowest BCUT2D eigenvalue weighted by molar-refractivity contribution is -0.144. The van der Waals surface area contributed by atoms with Crippen LogP contribution in [0.5, 0.6) is 0 Å². The van der Waals surface area contributed by atoms with Crippen molar-refractivity contribution in [3.8, 4) is 0 Å². The number of carbonyl (C=O) groups excluding carboxylic acids is 3. The Hall–Kier alpha value is -2.10. The fraction of sp³-hybridized carbons (Fsp3) is 0.733. The Morgan fingerprint density at radius 2 is 1.85 bits per heavy atom. The lowest BCUT2D eigenvalue weighted by Crippen LogP contribution is -2.56. The lowest BCUT2D eigenvalue weighted by Gasteiger charge is -2.29. The molecule has 0 aliphatic heterocycles.